The molecule has 0 bridgehead atoms. The third-order valence-electron chi connectivity index (χ3n) is 5.11. The van der Waals surface area contributed by atoms with Crippen molar-refractivity contribution in [1.29, 1.82) is 0 Å². The van der Waals surface area contributed by atoms with E-state index in [9.17, 15) is 0 Å². The van der Waals surface area contributed by atoms with Crippen molar-refractivity contribution in [2.45, 2.75) is 25.9 Å². The summed E-state index contributed by atoms with van der Waals surface area (Å²) in [5.41, 5.74) is 4.08. The molecule has 2 aromatic carbocycles. The highest BCUT2D eigenvalue weighted by Crippen LogP contribution is 2.21. The van der Waals surface area contributed by atoms with E-state index >= 15 is 0 Å². The maximum Gasteiger partial charge on any atom is 0.193 e. The molecule has 1 N–H and O–H groups in total. The van der Waals surface area contributed by atoms with Crippen LogP contribution in [0.3, 0.4) is 0 Å². The van der Waals surface area contributed by atoms with Crippen LogP contribution in [0.25, 0.3) is 0 Å². The van der Waals surface area contributed by atoms with Crippen molar-refractivity contribution >= 4 is 29.9 Å². The van der Waals surface area contributed by atoms with Crippen molar-refractivity contribution < 1.29 is 0 Å². The molecule has 1 aliphatic heterocycles. The minimum absolute atomic E-state index is 0. The van der Waals surface area contributed by atoms with Crippen molar-refractivity contribution in [3.8, 4) is 0 Å². The molecule has 1 heterocycles. The van der Waals surface area contributed by atoms with Crippen LogP contribution in [0.1, 0.15) is 23.1 Å². The lowest BCUT2D eigenvalue weighted by Crippen LogP contribution is -2.39. The number of nitrogens with one attached hydrogen (secondary N) is 1. The minimum Gasteiger partial charge on any atom is -0.352 e. The summed E-state index contributed by atoms with van der Waals surface area (Å²) < 4.78 is 0. The van der Waals surface area contributed by atoms with Crippen LogP contribution in [0, 0.1) is 5.92 Å². The highest BCUT2D eigenvalue weighted by molar-refractivity contribution is 14.0. The molecular formula is C23H33IN4. The summed E-state index contributed by atoms with van der Waals surface area (Å²) in [6.07, 6.45) is 2.38. The summed E-state index contributed by atoms with van der Waals surface area (Å²) in [6.45, 7) is 3.94. The van der Waals surface area contributed by atoms with Crippen molar-refractivity contribution in [2.75, 3.05) is 34.2 Å². The first-order chi connectivity index (χ1) is 13.1. The molecule has 5 heteroatoms. The molecule has 0 radical (unpaired) electrons. The highest BCUT2D eigenvalue weighted by atomic mass is 127. The molecular weight excluding hydrogens is 459 g/mol. The minimum atomic E-state index is 0. The Hall–Kier alpha value is -1.60. The van der Waals surface area contributed by atoms with Gasteiger partial charge in [0, 0.05) is 33.2 Å². The van der Waals surface area contributed by atoms with Crippen LogP contribution in [0.2, 0.25) is 0 Å². The van der Waals surface area contributed by atoms with Crippen LogP contribution >= 0.6 is 24.0 Å². The van der Waals surface area contributed by atoms with E-state index in [1.807, 2.05) is 7.05 Å². The lowest BCUT2D eigenvalue weighted by atomic mass is 9.99. The number of halogens is 1. The molecule has 152 valence electrons. The molecule has 4 nitrogen and oxygen atoms in total. The Bertz CT molecular complexity index is 745. The molecule has 1 saturated heterocycles. The van der Waals surface area contributed by atoms with Gasteiger partial charge in [-0.3, -0.25) is 4.99 Å². The van der Waals surface area contributed by atoms with Crippen LogP contribution in [-0.2, 0) is 19.5 Å². The monoisotopic (exact) mass is 492 g/mol. The summed E-state index contributed by atoms with van der Waals surface area (Å²) in [5.74, 6) is 1.72. The number of aliphatic imine (C=N–C) groups is 1. The Morgan fingerprint density at radius 1 is 1.07 bits per heavy atom. The van der Waals surface area contributed by atoms with Gasteiger partial charge in [-0.2, -0.15) is 0 Å². The molecule has 3 rings (SSSR count). The zero-order valence-electron chi connectivity index (χ0n) is 17.3. The number of hydrogen-bond acceptors (Lipinski definition) is 2. The van der Waals surface area contributed by atoms with Gasteiger partial charge in [-0.25, -0.2) is 0 Å². The zero-order valence-corrected chi connectivity index (χ0v) is 19.6. The highest BCUT2D eigenvalue weighted by Gasteiger charge is 2.24. The Balaban J connectivity index is 0.00000280. The third kappa shape index (κ3) is 6.78. The summed E-state index contributed by atoms with van der Waals surface area (Å²) >= 11 is 0. The summed E-state index contributed by atoms with van der Waals surface area (Å²) in [7, 11) is 6.09. The van der Waals surface area contributed by atoms with Crippen LogP contribution in [0.5, 0.6) is 0 Å². The first kappa shape index (κ1) is 22.7. The van der Waals surface area contributed by atoms with Gasteiger partial charge in [-0.05, 0) is 49.5 Å². The average Bonchev–Trinajstić information content (AvgIpc) is 3.11. The van der Waals surface area contributed by atoms with Crippen LogP contribution in [-0.4, -0.2) is 50.0 Å². The van der Waals surface area contributed by atoms with Crippen molar-refractivity contribution in [3.63, 3.8) is 0 Å². The summed E-state index contributed by atoms with van der Waals surface area (Å²) in [5, 5.41) is 3.55. The van der Waals surface area contributed by atoms with Gasteiger partial charge < -0.3 is 15.1 Å². The number of hydrogen-bond donors (Lipinski definition) is 1. The van der Waals surface area contributed by atoms with Gasteiger partial charge in [0.15, 0.2) is 5.96 Å². The molecule has 0 aliphatic carbocycles. The number of benzene rings is 2. The van der Waals surface area contributed by atoms with E-state index in [2.05, 4.69) is 88.8 Å². The van der Waals surface area contributed by atoms with Gasteiger partial charge >= 0.3 is 0 Å². The van der Waals surface area contributed by atoms with Gasteiger partial charge in [-0.15, -0.1) is 24.0 Å². The van der Waals surface area contributed by atoms with Crippen molar-refractivity contribution in [3.05, 3.63) is 71.3 Å². The van der Waals surface area contributed by atoms with Crippen molar-refractivity contribution in [2.24, 2.45) is 10.9 Å². The third-order valence-corrected chi connectivity index (χ3v) is 5.11. The predicted molar refractivity (Wildman–Crippen MR) is 129 cm³/mol. The number of likely N-dealkylation sites (tertiary alicyclic amines) is 1. The van der Waals surface area contributed by atoms with Crippen molar-refractivity contribution in [1.82, 2.24) is 15.1 Å². The largest absolute Gasteiger partial charge is 0.352 e. The Labute approximate surface area is 187 Å². The number of nitrogens with zero attached hydrogens (tertiary/aromatic N) is 3. The molecule has 1 unspecified atom stereocenters. The van der Waals surface area contributed by atoms with Gasteiger partial charge in [0.2, 0.25) is 0 Å². The molecule has 28 heavy (non-hydrogen) atoms. The molecule has 0 saturated carbocycles. The first-order valence-electron chi connectivity index (χ1n) is 9.86. The SMILES string of the molecule is CN=C(NCc1cccc(CN(C)C)c1)N1CCC(Cc2ccccc2)C1.I. The van der Waals surface area contributed by atoms with E-state index in [-0.39, 0.29) is 24.0 Å². The van der Waals surface area contributed by atoms with Crippen LogP contribution in [0.4, 0.5) is 0 Å². The smallest absolute Gasteiger partial charge is 0.193 e. The second-order valence-corrected chi connectivity index (χ2v) is 7.75. The maximum atomic E-state index is 4.52. The molecule has 0 amide bonds. The average molecular weight is 492 g/mol. The van der Waals surface area contributed by atoms with Crippen LogP contribution in [0.15, 0.2) is 59.6 Å². The molecule has 0 spiro atoms. The van der Waals surface area contributed by atoms with Gasteiger partial charge in [-0.1, -0.05) is 54.6 Å². The van der Waals surface area contributed by atoms with E-state index in [4.69, 9.17) is 0 Å². The molecule has 2 aromatic rings. The Morgan fingerprint density at radius 3 is 2.50 bits per heavy atom. The fraction of sp³-hybridized carbons (Fsp3) is 0.435. The molecule has 1 fully saturated rings. The van der Waals surface area contributed by atoms with E-state index in [0.29, 0.717) is 5.92 Å². The quantitative estimate of drug-likeness (QED) is 0.376. The zero-order chi connectivity index (χ0) is 19.1. The normalized spacial score (nSPS) is 16.9. The van der Waals surface area contributed by atoms with E-state index in [1.165, 1.54) is 23.1 Å². The van der Waals surface area contributed by atoms with E-state index < -0.39 is 0 Å². The topological polar surface area (TPSA) is 30.9 Å². The summed E-state index contributed by atoms with van der Waals surface area (Å²) in [4.78, 5) is 9.12. The van der Waals surface area contributed by atoms with E-state index in [1.54, 1.807) is 0 Å². The fourth-order valence-electron chi connectivity index (χ4n) is 3.86. The molecule has 1 aliphatic rings. The molecule has 0 aromatic heterocycles. The van der Waals surface area contributed by atoms with E-state index in [0.717, 1.165) is 38.6 Å². The van der Waals surface area contributed by atoms with Gasteiger partial charge in [0.25, 0.3) is 0 Å². The number of rotatable bonds is 6. The number of guanidine groups is 1. The van der Waals surface area contributed by atoms with Gasteiger partial charge in [0.1, 0.15) is 0 Å². The first-order valence-corrected chi connectivity index (χ1v) is 9.86. The Morgan fingerprint density at radius 2 is 1.79 bits per heavy atom. The van der Waals surface area contributed by atoms with Crippen LogP contribution < -0.4 is 5.32 Å². The Kier molecular flexibility index (Phi) is 9.25. The standard InChI is InChI=1S/C23H32N4.HI/c1-24-23(25-16-20-10-7-11-21(15-20)17-26(2)3)27-13-12-22(18-27)14-19-8-5-4-6-9-19;/h4-11,15,22H,12-14,16-18H2,1-3H3,(H,24,25);1H. The second kappa shape index (κ2) is 11.4. The maximum absolute atomic E-state index is 4.52. The molecule has 1 atom stereocenters. The van der Waals surface area contributed by atoms with Gasteiger partial charge in [0.05, 0.1) is 0 Å². The lowest BCUT2D eigenvalue weighted by Gasteiger charge is -2.22. The lowest BCUT2D eigenvalue weighted by molar-refractivity contribution is 0.402. The fourth-order valence-corrected chi connectivity index (χ4v) is 3.86. The summed E-state index contributed by atoms with van der Waals surface area (Å²) in [6, 6.07) is 19.6. The second-order valence-electron chi connectivity index (χ2n) is 7.75. The predicted octanol–water partition coefficient (Wildman–Crippen LogP) is 4.01.